The molecule has 0 bridgehead atoms. The first-order chi connectivity index (χ1) is 23.0. The minimum atomic E-state index is -4.25. The molecule has 16 heteroatoms. The number of carbonyl (C=O) groups excluding carboxylic acids is 3. The van der Waals surface area contributed by atoms with E-state index in [1.54, 1.807) is 24.5 Å². The maximum absolute atomic E-state index is 14.0. The van der Waals surface area contributed by atoms with Gasteiger partial charge < -0.3 is 31.0 Å². The van der Waals surface area contributed by atoms with Crippen molar-refractivity contribution < 1.29 is 27.5 Å². The lowest BCUT2D eigenvalue weighted by Gasteiger charge is -2.31. The molecular formula is C32H39N7O8S. The normalized spacial score (nSPS) is 17.4. The molecular weight excluding hydrogens is 642 g/mol. The molecule has 48 heavy (non-hydrogen) atoms. The van der Waals surface area contributed by atoms with Crippen LogP contribution in [0.1, 0.15) is 39.0 Å². The Morgan fingerprint density at radius 1 is 1.10 bits per heavy atom. The quantitative estimate of drug-likeness (QED) is 0.0426. The van der Waals surface area contributed by atoms with Crippen LogP contribution in [0.15, 0.2) is 62.1 Å². The Labute approximate surface area is 277 Å². The Balaban J connectivity index is 1.31. The summed E-state index contributed by atoms with van der Waals surface area (Å²) in [6.07, 6.45) is 4.22. The first kappa shape index (κ1) is 34.5. The summed E-state index contributed by atoms with van der Waals surface area (Å²) in [6, 6.07) is 10.2. The number of nitrogens with one attached hydrogen (secondary N) is 3. The number of fused-ring (bicyclic) bond motifs is 1. The van der Waals surface area contributed by atoms with Crippen LogP contribution in [0.25, 0.3) is 10.8 Å². The van der Waals surface area contributed by atoms with Crippen molar-refractivity contribution in [3.8, 4) is 5.75 Å². The van der Waals surface area contributed by atoms with Crippen molar-refractivity contribution in [2.45, 2.75) is 56.0 Å². The topological polar surface area (TPSA) is 210 Å². The van der Waals surface area contributed by atoms with Crippen molar-refractivity contribution >= 4 is 50.6 Å². The van der Waals surface area contributed by atoms with Gasteiger partial charge in [0, 0.05) is 45.7 Å². The molecule has 3 aromatic rings. The molecule has 2 amide bonds. The van der Waals surface area contributed by atoms with Crippen LogP contribution < -0.4 is 36.8 Å². The monoisotopic (exact) mass is 681 g/mol. The van der Waals surface area contributed by atoms with E-state index in [4.69, 9.17) is 10.6 Å². The Morgan fingerprint density at radius 2 is 1.85 bits per heavy atom. The summed E-state index contributed by atoms with van der Waals surface area (Å²) in [5.41, 5.74) is -1.93. The number of carbonyl (C=O) groups is 3. The van der Waals surface area contributed by atoms with Crippen LogP contribution in [0.4, 0.5) is 5.69 Å². The van der Waals surface area contributed by atoms with E-state index in [9.17, 15) is 32.4 Å². The molecule has 0 spiro atoms. The second-order valence-corrected chi connectivity index (χ2v) is 13.8. The fourth-order valence-corrected chi connectivity index (χ4v) is 7.11. The average molecular weight is 682 g/mol. The predicted molar refractivity (Wildman–Crippen MR) is 179 cm³/mol. The number of nitrogens with two attached hydrogens (primary N) is 1. The van der Waals surface area contributed by atoms with Crippen molar-refractivity contribution in [1.82, 2.24) is 19.8 Å². The molecule has 1 aliphatic carbocycles. The molecule has 3 aromatic carbocycles. The maximum atomic E-state index is 14.0. The van der Waals surface area contributed by atoms with Gasteiger partial charge in [-0.3, -0.25) is 24.0 Å². The standard InChI is InChI=1S/C32H39N7O8S/c1-20(40)47-31-28(29(42)30(31)43)34-12-14-39(24-9-10-24)32(44)26(16-27(41)35-17-21-5-4-13-38(18-21)19-36-33)37-48(45,46)25-11-8-22-6-2-3-7-23(22)15-25/h2-3,6-8,11,15,19,21,24,26,34,37H,4-5,9-10,12-14,16-18,33H2,1H3,(H,35,41)/t21-,26-/m0/s1. The van der Waals surface area contributed by atoms with Crippen LogP contribution in [0.3, 0.4) is 0 Å². The Kier molecular flexibility index (Phi) is 10.7. The number of anilines is 1. The maximum Gasteiger partial charge on any atom is 0.308 e. The minimum Gasteiger partial charge on any atom is -0.420 e. The molecule has 2 fully saturated rings. The van der Waals surface area contributed by atoms with E-state index in [0.717, 1.165) is 31.7 Å². The molecule has 256 valence electrons. The highest BCUT2D eigenvalue weighted by atomic mass is 32.2. The van der Waals surface area contributed by atoms with Gasteiger partial charge in [0.2, 0.25) is 27.6 Å². The summed E-state index contributed by atoms with van der Waals surface area (Å²) >= 11 is 0. The van der Waals surface area contributed by atoms with Gasteiger partial charge in [-0.05, 0) is 54.5 Å². The number of piperidine rings is 1. The van der Waals surface area contributed by atoms with E-state index >= 15 is 0 Å². The molecule has 1 heterocycles. The first-order valence-electron chi connectivity index (χ1n) is 15.8. The summed E-state index contributed by atoms with van der Waals surface area (Å²) < 4.78 is 34.6. The predicted octanol–water partition coefficient (Wildman–Crippen LogP) is 0.231. The average Bonchev–Trinajstić information content (AvgIpc) is 3.91. The van der Waals surface area contributed by atoms with E-state index in [0.29, 0.717) is 31.3 Å². The lowest BCUT2D eigenvalue weighted by atomic mass is 9.98. The third-order valence-corrected chi connectivity index (χ3v) is 9.89. The molecule has 5 rings (SSSR count). The van der Waals surface area contributed by atoms with Crippen LogP contribution in [0.2, 0.25) is 0 Å². The SMILES string of the molecule is CC(=O)Oc1c(NCCN(C(=O)[C@H](CC(=O)NC[C@@H]2CCCN(C=NN)C2)NS(=O)(=O)c2ccc3ccccc3c2)C2CC2)c(=O)c1=O. The van der Waals surface area contributed by atoms with Crippen molar-refractivity contribution in [1.29, 1.82) is 0 Å². The molecule has 15 nitrogen and oxygen atoms in total. The molecule has 1 saturated heterocycles. The zero-order valence-corrected chi connectivity index (χ0v) is 27.3. The molecule has 2 aliphatic rings. The van der Waals surface area contributed by atoms with Gasteiger partial charge in [0.25, 0.3) is 10.9 Å². The zero-order valence-electron chi connectivity index (χ0n) is 26.5. The van der Waals surface area contributed by atoms with Crippen molar-refractivity contribution in [3.05, 3.63) is 62.9 Å². The molecule has 1 aliphatic heterocycles. The van der Waals surface area contributed by atoms with Gasteiger partial charge in [0.15, 0.2) is 0 Å². The zero-order chi connectivity index (χ0) is 34.4. The third-order valence-electron chi connectivity index (χ3n) is 8.42. The van der Waals surface area contributed by atoms with E-state index in [1.807, 2.05) is 17.0 Å². The van der Waals surface area contributed by atoms with Gasteiger partial charge in [-0.1, -0.05) is 30.3 Å². The van der Waals surface area contributed by atoms with Gasteiger partial charge in [0.1, 0.15) is 18.1 Å². The number of sulfonamides is 1. The van der Waals surface area contributed by atoms with Gasteiger partial charge in [-0.25, -0.2) is 8.42 Å². The van der Waals surface area contributed by atoms with Crippen LogP contribution in [0.5, 0.6) is 5.75 Å². The second-order valence-electron chi connectivity index (χ2n) is 12.1. The molecule has 2 atom stereocenters. The summed E-state index contributed by atoms with van der Waals surface area (Å²) in [6.45, 7) is 2.90. The molecule has 1 saturated carbocycles. The number of likely N-dealkylation sites (tertiary alicyclic amines) is 1. The van der Waals surface area contributed by atoms with Gasteiger partial charge in [0.05, 0.1) is 11.3 Å². The fourth-order valence-electron chi connectivity index (χ4n) is 5.88. The Bertz CT molecular complexity index is 1880. The van der Waals surface area contributed by atoms with Gasteiger partial charge in [-0.2, -0.15) is 9.82 Å². The molecule has 0 aromatic heterocycles. The number of amides is 2. The largest absolute Gasteiger partial charge is 0.420 e. The van der Waals surface area contributed by atoms with Crippen molar-refractivity contribution in [2.24, 2.45) is 16.9 Å². The van der Waals surface area contributed by atoms with Crippen LogP contribution in [-0.4, -0.2) is 87.1 Å². The van der Waals surface area contributed by atoms with E-state index in [1.165, 1.54) is 17.0 Å². The first-order valence-corrected chi connectivity index (χ1v) is 17.3. The lowest BCUT2D eigenvalue weighted by molar-refractivity contribution is -0.136. The smallest absolute Gasteiger partial charge is 0.308 e. The Morgan fingerprint density at radius 3 is 2.56 bits per heavy atom. The number of hydrazone groups is 1. The summed E-state index contributed by atoms with van der Waals surface area (Å²) in [7, 11) is -4.25. The fraction of sp³-hybridized carbons (Fsp3) is 0.438. The number of benzene rings is 2. The summed E-state index contributed by atoms with van der Waals surface area (Å²) in [4.78, 5) is 65.9. The van der Waals surface area contributed by atoms with Gasteiger partial charge in [-0.15, -0.1) is 0 Å². The number of ether oxygens (including phenoxy) is 1. The summed E-state index contributed by atoms with van der Waals surface area (Å²) in [5, 5.41) is 10.7. The van der Waals surface area contributed by atoms with Gasteiger partial charge >= 0.3 is 5.97 Å². The number of rotatable bonds is 15. The highest BCUT2D eigenvalue weighted by Crippen LogP contribution is 2.28. The number of hydrogen-bond acceptors (Lipinski definition) is 11. The minimum absolute atomic E-state index is 0.00197. The van der Waals surface area contributed by atoms with E-state index in [2.05, 4.69) is 20.5 Å². The van der Waals surface area contributed by atoms with Crippen molar-refractivity contribution in [2.75, 3.05) is 38.0 Å². The second kappa shape index (κ2) is 14.9. The van der Waals surface area contributed by atoms with Crippen LogP contribution in [-0.2, 0) is 24.4 Å². The number of esters is 1. The molecule has 0 radical (unpaired) electrons. The highest BCUT2D eigenvalue weighted by Gasteiger charge is 2.38. The molecule has 5 N–H and O–H groups in total. The van der Waals surface area contributed by atoms with Crippen molar-refractivity contribution in [3.63, 3.8) is 0 Å². The highest BCUT2D eigenvalue weighted by molar-refractivity contribution is 7.89. The van der Waals surface area contributed by atoms with E-state index < -0.39 is 51.1 Å². The van der Waals surface area contributed by atoms with E-state index in [-0.39, 0.29) is 41.4 Å². The Hall–Kier alpha value is -4.83. The summed E-state index contributed by atoms with van der Waals surface area (Å²) in [5.74, 6) is 3.15. The third kappa shape index (κ3) is 8.36. The lowest BCUT2D eigenvalue weighted by Crippen LogP contribution is -2.52. The van der Waals surface area contributed by atoms with Crippen LogP contribution >= 0.6 is 0 Å². The van der Waals surface area contributed by atoms with Crippen LogP contribution in [0, 0.1) is 5.92 Å². The molecule has 0 unspecified atom stereocenters. The number of nitrogens with zero attached hydrogens (tertiary/aromatic N) is 3. The number of hydrogen-bond donors (Lipinski definition) is 4.